The Hall–Kier alpha value is -1.40. The summed E-state index contributed by atoms with van der Waals surface area (Å²) in [6.07, 6.45) is 1.21. The third-order valence-corrected chi connectivity index (χ3v) is 3.97. The number of benzene rings is 1. The van der Waals surface area contributed by atoms with E-state index in [1.54, 1.807) is 11.8 Å². The van der Waals surface area contributed by atoms with Crippen LogP contribution in [0.3, 0.4) is 0 Å². The van der Waals surface area contributed by atoms with Gasteiger partial charge < -0.3 is 15.0 Å². The summed E-state index contributed by atoms with van der Waals surface area (Å²) in [6.45, 7) is 4.00. The normalized spacial score (nSPS) is 16.6. The van der Waals surface area contributed by atoms with Crippen molar-refractivity contribution in [2.45, 2.75) is 25.9 Å². The summed E-state index contributed by atoms with van der Waals surface area (Å²) in [6, 6.07) is 3.27. The molecule has 0 radical (unpaired) electrons. The molecule has 0 spiro atoms. The minimum atomic E-state index is -0.981. The lowest BCUT2D eigenvalue weighted by molar-refractivity contribution is -0.139. The molecule has 1 aliphatic heterocycles. The molecule has 1 aromatic carbocycles. The Labute approximate surface area is 141 Å². The second-order valence-corrected chi connectivity index (χ2v) is 5.66. The van der Waals surface area contributed by atoms with E-state index in [1.165, 1.54) is 6.07 Å². The van der Waals surface area contributed by atoms with E-state index in [0.29, 0.717) is 19.0 Å². The lowest BCUT2D eigenvalue weighted by Gasteiger charge is -2.33. The third kappa shape index (κ3) is 5.32. The third-order valence-electron chi connectivity index (χ3n) is 3.97. The van der Waals surface area contributed by atoms with E-state index in [1.807, 2.05) is 7.05 Å². The second kappa shape index (κ2) is 9.03. The van der Waals surface area contributed by atoms with Gasteiger partial charge in [-0.25, -0.2) is 8.78 Å². The standard InChI is InChI=1S/C16H22F2N2O2.ClH/c1-11(22-13-3-4-14(17)15(18)9-13)16(21)20-7-5-12(6-8-20)10-19-2;/h3-4,9,11-12,19H,5-8,10H2,1-2H3;1H. The van der Waals surface area contributed by atoms with Gasteiger partial charge in [0.25, 0.3) is 5.91 Å². The molecule has 7 heteroatoms. The highest BCUT2D eigenvalue weighted by atomic mass is 35.5. The number of ether oxygens (including phenoxy) is 1. The number of likely N-dealkylation sites (tertiary alicyclic amines) is 1. The monoisotopic (exact) mass is 348 g/mol. The molecular weight excluding hydrogens is 326 g/mol. The summed E-state index contributed by atoms with van der Waals surface area (Å²) < 4.78 is 31.4. The molecule has 4 nitrogen and oxygen atoms in total. The minimum absolute atomic E-state index is 0. The highest BCUT2D eigenvalue weighted by molar-refractivity contribution is 5.85. The van der Waals surface area contributed by atoms with Crippen molar-refractivity contribution in [3.05, 3.63) is 29.8 Å². The van der Waals surface area contributed by atoms with E-state index >= 15 is 0 Å². The number of hydrogen-bond acceptors (Lipinski definition) is 3. The molecule has 1 unspecified atom stereocenters. The van der Waals surface area contributed by atoms with Crippen LogP contribution in [0.2, 0.25) is 0 Å². The van der Waals surface area contributed by atoms with Gasteiger partial charge in [0.05, 0.1) is 0 Å². The topological polar surface area (TPSA) is 41.6 Å². The second-order valence-electron chi connectivity index (χ2n) is 5.66. The Kier molecular flexibility index (Phi) is 7.72. The van der Waals surface area contributed by atoms with Gasteiger partial charge in [-0.1, -0.05) is 0 Å². The molecule has 1 N–H and O–H groups in total. The molecular formula is C16H23ClF2N2O2. The van der Waals surface area contributed by atoms with Crippen molar-refractivity contribution in [2.24, 2.45) is 5.92 Å². The number of hydrogen-bond donors (Lipinski definition) is 1. The predicted molar refractivity (Wildman–Crippen MR) is 86.9 cm³/mol. The molecule has 0 aliphatic carbocycles. The predicted octanol–water partition coefficient (Wildman–Crippen LogP) is 2.61. The van der Waals surface area contributed by atoms with Crippen LogP contribution < -0.4 is 10.1 Å². The van der Waals surface area contributed by atoms with Gasteiger partial charge in [0, 0.05) is 19.2 Å². The van der Waals surface area contributed by atoms with E-state index in [9.17, 15) is 13.6 Å². The van der Waals surface area contributed by atoms with Crippen LogP contribution in [-0.4, -0.2) is 43.6 Å². The molecule has 1 aliphatic rings. The number of piperidine rings is 1. The molecule has 0 bridgehead atoms. The summed E-state index contributed by atoms with van der Waals surface area (Å²) in [5.74, 6) is -1.28. The van der Waals surface area contributed by atoms with Crippen LogP contribution in [0.1, 0.15) is 19.8 Å². The molecule has 1 saturated heterocycles. The highest BCUT2D eigenvalue weighted by Crippen LogP contribution is 2.20. The summed E-state index contributed by atoms with van der Waals surface area (Å²) in [4.78, 5) is 14.1. The quantitative estimate of drug-likeness (QED) is 0.889. The Balaban J connectivity index is 0.00000264. The SMILES string of the molecule is CNCC1CCN(C(=O)C(C)Oc2ccc(F)c(F)c2)CC1.Cl. The Bertz CT molecular complexity index is 523. The van der Waals surface area contributed by atoms with Gasteiger partial charge in [-0.15, -0.1) is 12.4 Å². The van der Waals surface area contributed by atoms with Gasteiger partial charge in [-0.05, 0) is 51.4 Å². The van der Waals surface area contributed by atoms with Crippen molar-refractivity contribution in [2.75, 3.05) is 26.7 Å². The number of rotatable bonds is 5. The van der Waals surface area contributed by atoms with E-state index in [4.69, 9.17) is 4.74 Å². The summed E-state index contributed by atoms with van der Waals surface area (Å²) in [5, 5.41) is 3.15. The number of nitrogens with one attached hydrogen (secondary N) is 1. The maximum absolute atomic E-state index is 13.1. The molecule has 1 atom stereocenters. The van der Waals surface area contributed by atoms with Gasteiger partial charge in [-0.2, -0.15) is 0 Å². The smallest absolute Gasteiger partial charge is 0.263 e. The van der Waals surface area contributed by atoms with E-state index in [0.717, 1.165) is 31.5 Å². The van der Waals surface area contributed by atoms with Crippen LogP contribution in [0, 0.1) is 17.6 Å². The van der Waals surface area contributed by atoms with Crippen molar-refractivity contribution in [1.29, 1.82) is 0 Å². The lowest BCUT2D eigenvalue weighted by atomic mass is 9.96. The van der Waals surface area contributed by atoms with Crippen LogP contribution >= 0.6 is 12.4 Å². The lowest BCUT2D eigenvalue weighted by Crippen LogP contribution is -2.45. The van der Waals surface area contributed by atoms with Gasteiger partial charge in [0.15, 0.2) is 17.7 Å². The average molecular weight is 349 g/mol. The van der Waals surface area contributed by atoms with Crippen molar-refractivity contribution in [1.82, 2.24) is 10.2 Å². The zero-order valence-corrected chi connectivity index (χ0v) is 14.2. The molecule has 130 valence electrons. The van der Waals surface area contributed by atoms with Crippen LogP contribution in [0.15, 0.2) is 18.2 Å². The maximum atomic E-state index is 13.1. The fraction of sp³-hybridized carbons (Fsp3) is 0.562. The molecule has 1 heterocycles. The fourth-order valence-electron chi connectivity index (χ4n) is 2.71. The summed E-state index contributed by atoms with van der Waals surface area (Å²) >= 11 is 0. The zero-order chi connectivity index (χ0) is 16.1. The van der Waals surface area contributed by atoms with Gasteiger partial charge in [-0.3, -0.25) is 4.79 Å². The first-order chi connectivity index (χ1) is 10.5. The minimum Gasteiger partial charge on any atom is -0.481 e. The first-order valence-electron chi connectivity index (χ1n) is 7.56. The van der Waals surface area contributed by atoms with E-state index < -0.39 is 17.7 Å². The highest BCUT2D eigenvalue weighted by Gasteiger charge is 2.26. The number of halogens is 3. The molecule has 1 aromatic rings. The van der Waals surface area contributed by atoms with E-state index in [-0.39, 0.29) is 24.1 Å². The maximum Gasteiger partial charge on any atom is 0.263 e. The molecule has 0 aromatic heterocycles. The zero-order valence-electron chi connectivity index (χ0n) is 13.4. The molecule has 1 fully saturated rings. The fourth-order valence-corrected chi connectivity index (χ4v) is 2.71. The van der Waals surface area contributed by atoms with Crippen molar-refractivity contribution in [3.8, 4) is 5.75 Å². The van der Waals surface area contributed by atoms with Crippen LogP contribution in [0.4, 0.5) is 8.78 Å². The van der Waals surface area contributed by atoms with Gasteiger partial charge in [0.2, 0.25) is 0 Å². The number of carbonyl (C=O) groups excluding carboxylic acids is 1. The number of amides is 1. The van der Waals surface area contributed by atoms with Gasteiger partial charge in [0.1, 0.15) is 5.75 Å². The van der Waals surface area contributed by atoms with Crippen molar-refractivity contribution >= 4 is 18.3 Å². The van der Waals surface area contributed by atoms with Crippen LogP contribution in [0.25, 0.3) is 0 Å². The largest absolute Gasteiger partial charge is 0.481 e. The molecule has 2 rings (SSSR count). The molecule has 23 heavy (non-hydrogen) atoms. The first kappa shape index (κ1) is 19.6. The Morgan fingerprint density at radius 2 is 2.00 bits per heavy atom. The van der Waals surface area contributed by atoms with Crippen molar-refractivity contribution in [3.63, 3.8) is 0 Å². The number of nitrogens with zero attached hydrogens (tertiary/aromatic N) is 1. The Morgan fingerprint density at radius 1 is 1.35 bits per heavy atom. The van der Waals surface area contributed by atoms with Crippen molar-refractivity contribution < 1.29 is 18.3 Å². The first-order valence-corrected chi connectivity index (χ1v) is 7.56. The van der Waals surface area contributed by atoms with Crippen LogP contribution in [-0.2, 0) is 4.79 Å². The van der Waals surface area contributed by atoms with Gasteiger partial charge >= 0.3 is 0 Å². The summed E-state index contributed by atoms with van der Waals surface area (Å²) in [5.41, 5.74) is 0. The average Bonchev–Trinajstić information content (AvgIpc) is 2.51. The number of carbonyl (C=O) groups is 1. The van der Waals surface area contributed by atoms with Crippen LogP contribution in [0.5, 0.6) is 5.75 Å². The molecule has 1 amide bonds. The van der Waals surface area contributed by atoms with E-state index in [2.05, 4.69) is 5.32 Å². The summed E-state index contributed by atoms with van der Waals surface area (Å²) in [7, 11) is 1.93. The molecule has 0 saturated carbocycles. The Morgan fingerprint density at radius 3 is 2.57 bits per heavy atom.